The van der Waals surface area contributed by atoms with E-state index in [9.17, 15) is 13.2 Å². The molecule has 0 aliphatic carbocycles. The van der Waals surface area contributed by atoms with Crippen LogP contribution < -0.4 is 10.9 Å². The number of para-hydroxylation sites is 1. The summed E-state index contributed by atoms with van der Waals surface area (Å²) in [5.74, 6) is 0. The first-order chi connectivity index (χ1) is 9.47. The van der Waals surface area contributed by atoms with Crippen LogP contribution in [0, 0.1) is 0 Å². The van der Waals surface area contributed by atoms with E-state index in [0.29, 0.717) is 10.0 Å². The van der Waals surface area contributed by atoms with Crippen molar-refractivity contribution in [3.8, 4) is 0 Å². The van der Waals surface area contributed by atoms with Gasteiger partial charge in [0.25, 0.3) is 0 Å². The Bertz CT molecular complexity index is 570. The van der Waals surface area contributed by atoms with Crippen molar-refractivity contribution in [2.45, 2.75) is 12.7 Å². The molecular formula is C14H12BrF3N2. The zero-order valence-corrected chi connectivity index (χ0v) is 11.9. The second-order valence-electron chi connectivity index (χ2n) is 4.15. The van der Waals surface area contributed by atoms with E-state index in [4.69, 9.17) is 0 Å². The third-order valence-electron chi connectivity index (χ3n) is 2.66. The summed E-state index contributed by atoms with van der Waals surface area (Å²) < 4.78 is 38.5. The lowest BCUT2D eigenvalue weighted by Gasteiger charge is -2.12. The predicted molar refractivity (Wildman–Crippen MR) is 76.0 cm³/mol. The third-order valence-corrected chi connectivity index (χ3v) is 3.43. The fourth-order valence-corrected chi connectivity index (χ4v) is 2.04. The lowest BCUT2D eigenvalue weighted by Crippen LogP contribution is -2.21. The molecule has 0 radical (unpaired) electrons. The number of nitrogens with one attached hydrogen (secondary N) is 2. The predicted octanol–water partition coefficient (Wildman–Crippen LogP) is 4.58. The van der Waals surface area contributed by atoms with Crippen LogP contribution in [-0.2, 0) is 12.7 Å². The molecule has 106 valence electrons. The average molecular weight is 345 g/mol. The van der Waals surface area contributed by atoms with Gasteiger partial charge in [-0.15, -0.1) is 0 Å². The van der Waals surface area contributed by atoms with Crippen LogP contribution in [0.15, 0.2) is 53.0 Å². The van der Waals surface area contributed by atoms with E-state index in [1.165, 1.54) is 6.07 Å². The minimum absolute atomic E-state index is 0.263. The van der Waals surface area contributed by atoms with Gasteiger partial charge in [0.2, 0.25) is 0 Å². The van der Waals surface area contributed by atoms with Crippen molar-refractivity contribution < 1.29 is 13.2 Å². The van der Waals surface area contributed by atoms with Crippen LogP contribution in [0.3, 0.4) is 0 Å². The molecule has 0 unspecified atom stereocenters. The van der Waals surface area contributed by atoms with Gasteiger partial charge in [0, 0.05) is 16.7 Å². The fourth-order valence-electron chi connectivity index (χ4n) is 1.65. The van der Waals surface area contributed by atoms with Gasteiger partial charge in [0.15, 0.2) is 0 Å². The number of hydrazine groups is 1. The van der Waals surface area contributed by atoms with Gasteiger partial charge in [-0.25, -0.2) is 5.43 Å². The van der Waals surface area contributed by atoms with Crippen LogP contribution in [0.2, 0.25) is 0 Å². The van der Waals surface area contributed by atoms with Crippen LogP contribution in [0.5, 0.6) is 0 Å². The molecule has 2 aromatic carbocycles. The van der Waals surface area contributed by atoms with Crippen molar-refractivity contribution in [3.63, 3.8) is 0 Å². The van der Waals surface area contributed by atoms with Crippen LogP contribution in [0.1, 0.15) is 11.1 Å². The maximum atomic E-state index is 12.6. The highest BCUT2D eigenvalue weighted by Crippen LogP contribution is 2.31. The summed E-state index contributed by atoms with van der Waals surface area (Å²) in [4.78, 5) is 0. The van der Waals surface area contributed by atoms with Gasteiger partial charge in [-0.05, 0) is 35.9 Å². The molecule has 20 heavy (non-hydrogen) atoms. The molecule has 2 rings (SSSR count). The van der Waals surface area contributed by atoms with Crippen molar-refractivity contribution >= 4 is 21.6 Å². The zero-order valence-electron chi connectivity index (χ0n) is 10.3. The fraction of sp³-hybridized carbons (Fsp3) is 0.143. The number of rotatable bonds is 4. The summed E-state index contributed by atoms with van der Waals surface area (Å²) in [6.45, 7) is 0.263. The number of alkyl halides is 3. The molecular weight excluding hydrogens is 333 g/mol. The van der Waals surface area contributed by atoms with Crippen molar-refractivity contribution in [3.05, 3.63) is 64.1 Å². The standard InChI is InChI=1S/C14H12BrF3N2/c15-13-7-6-11(14(16,17)18)8-10(13)9-19-20-12-4-2-1-3-5-12/h1-8,19-20H,9H2. The number of benzene rings is 2. The van der Waals surface area contributed by atoms with Crippen LogP contribution in [0.4, 0.5) is 18.9 Å². The summed E-state index contributed by atoms with van der Waals surface area (Å²) in [6, 6.07) is 12.9. The topological polar surface area (TPSA) is 24.1 Å². The van der Waals surface area contributed by atoms with Crippen molar-refractivity contribution in [1.82, 2.24) is 5.43 Å². The Hall–Kier alpha value is -1.53. The number of halogens is 4. The van der Waals surface area contributed by atoms with Crippen molar-refractivity contribution in [2.75, 3.05) is 5.43 Å². The second kappa shape index (κ2) is 6.28. The first kappa shape index (κ1) is 14.9. The maximum Gasteiger partial charge on any atom is 0.416 e. The van der Waals surface area contributed by atoms with Gasteiger partial charge in [-0.3, -0.25) is 0 Å². The zero-order chi connectivity index (χ0) is 14.6. The van der Waals surface area contributed by atoms with Gasteiger partial charge >= 0.3 is 6.18 Å². The van der Waals surface area contributed by atoms with Crippen LogP contribution in [-0.4, -0.2) is 0 Å². The number of hydrogen-bond donors (Lipinski definition) is 2. The molecule has 2 N–H and O–H groups in total. The van der Waals surface area contributed by atoms with E-state index in [1.54, 1.807) is 0 Å². The second-order valence-corrected chi connectivity index (χ2v) is 5.00. The molecule has 6 heteroatoms. The minimum atomic E-state index is -4.33. The van der Waals surface area contributed by atoms with E-state index in [0.717, 1.165) is 17.8 Å². The van der Waals surface area contributed by atoms with Crippen molar-refractivity contribution in [2.24, 2.45) is 0 Å². The number of hydrogen-bond acceptors (Lipinski definition) is 2. The molecule has 0 atom stereocenters. The Balaban J connectivity index is 2.02. The molecule has 2 aromatic rings. The highest BCUT2D eigenvalue weighted by molar-refractivity contribution is 9.10. The molecule has 0 fully saturated rings. The van der Waals surface area contributed by atoms with Gasteiger partial charge in [-0.1, -0.05) is 34.1 Å². The molecule has 0 amide bonds. The Labute approximate surface area is 123 Å². The molecule has 0 aliphatic heterocycles. The first-order valence-electron chi connectivity index (χ1n) is 5.86. The summed E-state index contributed by atoms with van der Waals surface area (Å²) in [7, 11) is 0. The minimum Gasteiger partial charge on any atom is -0.321 e. The summed E-state index contributed by atoms with van der Waals surface area (Å²) in [6.07, 6.45) is -4.33. The van der Waals surface area contributed by atoms with E-state index >= 15 is 0 Å². The Morgan fingerprint density at radius 3 is 2.35 bits per heavy atom. The monoisotopic (exact) mass is 344 g/mol. The summed E-state index contributed by atoms with van der Waals surface area (Å²) in [5.41, 5.74) is 6.54. The average Bonchev–Trinajstić information content (AvgIpc) is 2.41. The van der Waals surface area contributed by atoms with Crippen LogP contribution in [0.25, 0.3) is 0 Å². The summed E-state index contributed by atoms with van der Waals surface area (Å²) >= 11 is 3.25. The van der Waals surface area contributed by atoms with Gasteiger partial charge < -0.3 is 5.43 Å². The van der Waals surface area contributed by atoms with E-state index < -0.39 is 11.7 Å². The first-order valence-corrected chi connectivity index (χ1v) is 6.65. The quantitative estimate of drug-likeness (QED) is 0.793. The Kier molecular flexibility index (Phi) is 4.67. The molecule has 0 aromatic heterocycles. The molecule has 0 aliphatic rings. The van der Waals surface area contributed by atoms with Gasteiger partial charge in [0.05, 0.1) is 5.56 Å². The molecule has 0 spiro atoms. The van der Waals surface area contributed by atoms with E-state index in [-0.39, 0.29) is 6.54 Å². The van der Waals surface area contributed by atoms with E-state index in [2.05, 4.69) is 26.8 Å². The van der Waals surface area contributed by atoms with Gasteiger partial charge in [0.1, 0.15) is 0 Å². The Morgan fingerprint density at radius 1 is 1.00 bits per heavy atom. The highest BCUT2D eigenvalue weighted by atomic mass is 79.9. The molecule has 0 saturated heterocycles. The highest BCUT2D eigenvalue weighted by Gasteiger charge is 2.30. The lowest BCUT2D eigenvalue weighted by molar-refractivity contribution is -0.137. The smallest absolute Gasteiger partial charge is 0.321 e. The molecule has 0 bridgehead atoms. The van der Waals surface area contributed by atoms with Crippen LogP contribution >= 0.6 is 15.9 Å². The largest absolute Gasteiger partial charge is 0.416 e. The maximum absolute atomic E-state index is 12.6. The van der Waals surface area contributed by atoms with Gasteiger partial charge in [-0.2, -0.15) is 13.2 Å². The van der Waals surface area contributed by atoms with E-state index in [1.807, 2.05) is 30.3 Å². The summed E-state index contributed by atoms with van der Waals surface area (Å²) in [5, 5.41) is 0. The number of anilines is 1. The Morgan fingerprint density at radius 2 is 1.70 bits per heavy atom. The lowest BCUT2D eigenvalue weighted by atomic mass is 10.1. The SMILES string of the molecule is FC(F)(F)c1ccc(Br)c(CNNc2ccccc2)c1. The molecule has 0 saturated carbocycles. The third kappa shape index (κ3) is 3.98. The molecule has 2 nitrogen and oxygen atoms in total. The van der Waals surface area contributed by atoms with Crippen molar-refractivity contribution in [1.29, 1.82) is 0 Å². The molecule has 0 heterocycles. The normalized spacial score (nSPS) is 11.4.